The molecule has 45 heavy (non-hydrogen) atoms. The zero-order valence-corrected chi connectivity index (χ0v) is 27.3. The molecule has 2 atom stereocenters. The molecular weight excluding hydrogens is 608 g/mol. The van der Waals surface area contributed by atoms with Crippen LogP contribution in [0.1, 0.15) is 80.2 Å². The van der Waals surface area contributed by atoms with E-state index in [0.29, 0.717) is 45.0 Å². The van der Waals surface area contributed by atoms with Crippen LogP contribution in [0.2, 0.25) is 0 Å². The van der Waals surface area contributed by atoms with Crippen molar-refractivity contribution in [3.63, 3.8) is 0 Å². The number of nitrogens with two attached hydrogens (primary N) is 1. The Morgan fingerprint density at radius 2 is 1.44 bits per heavy atom. The first-order chi connectivity index (χ1) is 21.1. The highest BCUT2D eigenvalue weighted by molar-refractivity contribution is 7.89. The molecule has 2 aromatic carbocycles. The Hall–Kier alpha value is -3.46. The maximum Gasteiger partial charge on any atom is 0.253 e. The number of hydrogen-bond donors (Lipinski definition) is 4. The summed E-state index contributed by atoms with van der Waals surface area (Å²) >= 11 is 0. The summed E-state index contributed by atoms with van der Waals surface area (Å²) in [5.74, 6) is -3.69. The minimum absolute atomic E-state index is 0.0663. The predicted molar refractivity (Wildman–Crippen MR) is 166 cm³/mol. The second-order valence-electron chi connectivity index (χ2n) is 11.3. The van der Waals surface area contributed by atoms with Gasteiger partial charge in [-0.15, -0.1) is 0 Å². The molecule has 0 fully saturated rings. The predicted octanol–water partition coefficient (Wildman–Crippen LogP) is 2.98. The Labute approximate surface area is 264 Å². The van der Waals surface area contributed by atoms with E-state index in [-0.39, 0.29) is 41.5 Å². The first-order valence-electron chi connectivity index (χ1n) is 15.1. The summed E-state index contributed by atoms with van der Waals surface area (Å²) < 4.78 is 52.7. The van der Waals surface area contributed by atoms with Crippen LogP contribution in [-0.4, -0.2) is 79.5 Å². The summed E-state index contributed by atoms with van der Waals surface area (Å²) in [6.45, 7) is 10.1. The molecule has 3 amide bonds. The third-order valence-electron chi connectivity index (χ3n) is 6.87. The SMILES string of the molecule is CCCN(CC(O)C(Cc1cc(F)cc(F)c1)NC(=O)c1cc(C(=O)N(CCC)CCC)cc(S(N)(=O)=O)c1)NC(=O)C(C)C. The van der Waals surface area contributed by atoms with Gasteiger partial charge in [0.1, 0.15) is 11.6 Å². The number of nitrogens with one attached hydrogen (secondary N) is 2. The zero-order chi connectivity index (χ0) is 33.9. The average molecular weight is 654 g/mol. The molecule has 0 radical (unpaired) electrons. The molecule has 0 aromatic heterocycles. The van der Waals surface area contributed by atoms with Crippen LogP contribution in [0, 0.1) is 17.6 Å². The lowest BCUT2D eigenvalue weighted by molar-refractivity contribution is -0.129. The molecule has 5 N–H and O–H groups in total. The average Bonchev–Trinajstić information content (AvgIpc) is 2.95. The van der Waals surface area contributed by atoms with E-state index in [1.807, 2.05) is 20.8 Å². The maximum absolute atomic E-state index is 14.0. The number of sulfonamides is 1. The van der Waals surface area contributed by atoms with Crippen molar-refractivity contribution in [2.75, 3.05) is 26.2 Å². The van der Waals surface area contributed by atoms with Gasteiger partial charge in [-0.25, -0.2) is 27.3 Å². The molecule has 14 heteroatoms. The number of aliphatic hydroxyl groups excluding tert-OH is 1. The van der Waals surface area contributed by atoms with Crippen LogP contribution in [0.4, 0.5) is 8.78 Å². The maximum atomic E-state index is 14.0. The third-order valence-corrected chi connectivity index (χ3v) is 7.76. The van der Waals surface area contributed by atoms with E-state index >= 15 is 0 Å². The summed E-state index contributed by atoms with van der Waals surface area (Å²) in [6.07, 6.45) is 0.330. The summed E-state index contributed by atoms with van der Waals surface area (Å²) in [6, 6.07) is 5.01. The number of halogens is 2. The first-order valence-corrected chi connectivity index (χ1v) is 16.6. The number of aliphatic hydroxyl groups is 1. The molecule has 2 aromatic rings. The number of hydrazine groups is 1. The Bertz CT molecular complexity index is 1410. The van der Waals surface area contributed by atoms with Crippen molar-refractivity contribution in [1.29, 1.82) is 0 Å². The first kappa shape index (κ1) is 37.7. The number of benzene rings is 2. The molecule has 0 aliphatic rings. The van der Waals surface area contributed by atoms with Crippen LogP contribution in [0.15, 0.2) is 41.3 Å². The summed E-state index contributed by atoms with van der Waals surface area (Å²) in [4.78, 5) is 40.4. The van der Waals surface area contributed by atoms with Crippen LogP contribution < -0.4 is 15.9 Å². The summed E-state index contributed by atoms with van der Waals surface area (Å²) in [5, 5.41) is 20.8. The summed E-state index contributed by atoms with van der Waals surface area (Å²) in [7, 11) is -4.34. The number of amides is 3. The fraction of sp³-hybridized carbons (Fsp3) is 0.516. The molecule has 250 valence electrons. The molecule has 0 saturated carbocycles. The highest BCUT2D eigenvalue weighted by atomic mass is 32.2. The Balaban J connectivity index is 2.52. The fourth-order valence-corrected chi connectivity index (χ4v) is 5.26. The minimum Gasteiger partial charge on any atom is -0.390 e. The van der Waals surface area contributed by atoms with E-state index in [1.54, 1.807) is 18.7 Å². The van der Waals surface area contributed by atoms with E-state index in [2.05, 4.69) is 10.7 Å². The molecule has 0 heterocycles. The minimum atomic E-state index is -4.34. The number of carbonyl (C=O) groups is 3. The van der Waals surface area contributed by atoms with Gasteiger partial charge in [0, 0.05) is 49.3 Å². The number of nitrogens with zero attached hydrogens (tertiary/aromatic N) is 2. The van der Waals surface area contributed by atoms with Crippen molar-refractivity contribution < 1.29 is 36.7 Å². The van der Waals surface area contributed by atoms with Gasteiger partial charge >= 0.3 is 0 Å². The molecule has 0 saturated heterocycles. The highest BCUT2D eigenvalue weighted by Crippen LogP contribution is 2.19. The van der Waals surface area contributed by atoms with Crippen LogP contribution in [0.25, 0.3) is 0 Å². The van der Waals surface area contributed by atoms with Gasteiger partial charge < -0.3 is 15.3 Å². The van der Waals surface area contributed by atoms with Gasteiger partial charge in [-0.3, -0.25) is 19.8 Å². The molecule has 0 bridgehead atoms. The third kappa shape index (κ3) is 11.8. The van der Waals surface area contributed by atoms with Crippen LogP contribution in [-0.2, 0) is 21.2 Å². The molecule has 0 aliphatic heterocycles. The van der Waals surface area contributed by atoms with E-state index < -0.39 is 50.5 Å². The molecule has 2 rings (SSSR count). The van der Waals surface area contributed by atoms with Crippen LogP contribution >= 0.6 is 0 Å². The van der Waals surface area contributed by atoms with Gasteiger partial charge in [-0.1, -0.05) is 34.6 Å². The largest absolute Gasteiger partial charge is 0.390 e. The number of rotatable bonds is 17. The Morgan fingerprint density at radius 1 is 0.889 bits per heavy atom. The topological polar surface area (TPSA) is 162 Å². The van der Waals surface area contributed by atoms with Gasteiger partial charge in [0.2, 0.25) is 15.9 Å². The van der Waals surface area contributed by atoms with Gasteiger partial charge in [0.15, 0.2) is 0 Å². The van der Waals surface area contributed by atoms with E-state index in [4.69, 9.17) is 5.14 Å². The quantitative estimate of drug-likeness (QED) is 0.191. The lowest BCUT2D eigenvalue weighted by Crippen LogP contribution is -2.54. The van der Waals surface area contributed by atoms with Crippen molar-refractivity contribution in [2.24, 2.45) is 11.1 Å². The van der Waals surface area contributed by atoms with Crippen molar-refractivity contribution in [3.05, 3.63) is 64.7 Å². The second-order valence-corrected chi connectivity index (χ2v) is 12.9. The van der Waals surface area contributed by atoms with Crippen molar-refractivity contribution >= 4 is 27.7 Å². The number of hydrogen-bond acceptors (Lipinski definition) is 7. The molecule has 0 aliphatic carbocycles. The van der Waals surface area contributed by atoms with Gasteiger partial charge in [-0.2, -0.15) is 0 Å². The van der Waals surface area contributed by atoms with E-state index in [9.17, 15) is 36.7 Å². The lowest BCUT2D eigenvalue weighted by Gasteiger charge is -2.31. The molecular formula is C31H45F2N5O6S. The van der Waals surface area contributed by atoms with Crippen molar-refractivity contribution in [3.8, 4) is 0 Å². The van der Waals surface area contributed by atoms with Gasteiger partial charge in [-0.05, 0) is 61.6 Å². The summed E-state index contributed by atoms with van der Waals surface area (Å²) in [5.41, 5.74) is 2.57. The smallest absolute Gasteiger partial charge is 0.253 e. The highest BCUT2D eigenvalue weighted by Gasteiger charge is 2.28. The van der Waals surface area contributed by atoms with Crippen molar-refractivity contribution in [2.45, 2.75) is 77.3 Å². The number of primary sulfonamides is 1. The standard InChI is InChI=1S/C31H45F2N5O6S/c1-6-9-37(10-7-2)31(42)23-15-22(16-26(17-23)45(34,43)44)30(41)35-27(14-21-12-24(32)18-25(33)13-21)28(39)19-38(11-8-3)36-29(40)20(4)5/h12-13,15-18,20,27-28,39H,6-11,14,19H2,1-5H3,(H,35,41)(H,36,40)(H2,34,43,44). The number of carbonyl (C=O) groups excluding carboxylic acids is 3. The zero-order valence-electron chi connectivity index (χ0n) is 26.5. The molecule has 11 nitrogen and oxygen atoms in total. The normalized spacial score (nSPS) is 13.0. The van der Waals surface area contributed by atoms with Gasteiger partial charge in [0.05, 0.1) is 17.0 Å². The van der Waals surface area contributed by atoms with Crippen LogP contribution in [0.5, 0.6) is 0 Å². The second kappa shape index (κ2) is 17.3. The fourth-order valence-electron chi connectivity index (χ4n) is 4.67. The monoisotopic (exact) mass is 653 g/mol. The molecule has 2 unspecified atom stereocenters. The molecule has 0 spiro atoms. The van der Waals surface area contributed by atoms with E-state index in [0.717, 1.165) is 24.3 Å². The van der Waals surface area contributed by atoms with E-state index in [1.165, 1.54) is 11.1 Å². The van der Waals surface area contributed by atoms with Gasteiger partial charge in [0.25, 0.3) is 11.8 Å². The lowest BCUT2D eigenvalue weighted by atomic mass is 9.99. The Kier molecular flexibility index (Phi) is 14.5. The van der Waals surface area contributed by atoms with Crippen LogP contribution in [0.3, 0.4) is 0 Å². The van der Waals surface area contributed by atoms with Crippen molar-refractivity contribution in [1.82, 2.24) is 20.7 Å². The Morgan fingerprint density at radius 3 is 1.96 bits per heavy atom.